The first-order valence-electron chi connectivity index (χ1n) is 3.34. The lowest BCUT2D eigenvalue weighted by atomic mass is 10.2. The average molecular weight is 202 g/mol. The molecule has 4 nitrogen and oxygen atoms in total. The van der Waals surface area contributed by atoms with E-state index in [4.69, 9.17) is 16.2 Å². The van der Waals surface area contributed by atoms with Crippen molar-refractivity contribution in [2.24, 2.45) is 0 Å². The summed E-state index contributed by atoms with van der Waals surface area (Å²) in [4.78, 5) is 0. The van der Waals surface area contributed by atoms with Crippen LogP contribution in [-0.4, -0.2) is 18.5 Å². The predicted molar refractivity (Wildman–Crippen MR) is 43.9 cm³/mol. The fourth-order valence-corrected chi connectivity index (χ4v) is 1.54. The summed E-state index contributed by atoms with van der Waals surface area (Å²) in [6, 6.07) is 0. The van der Waals surface area contributed by atoms with Crippen molar-refractivity contribution in [3.8, 4) is 0 Å². The van der Waals surface area contributed by atoms with Crippen molar-refractivity contribution in [3.63, 3.8) is 0 Å². The van der Waals surface area contributed by atoms with E-state index in [1.165, 1.54) is 0 Å². The summed E-state index contributed by atoms with van der Waals surface area (Å²) in [6.45, 7) is 1.97. The van der Waals surface area contributed by atoms with Crippen molar-refractivity contribution >= 4 is 21.9 Å². The smallest absolute Gasteiger partial charge is 0.273 e. The van der Waals surface area contributed by atoms with Crippen molar-refractivity contribution < 1.29 is 13.0 Å². The van der Waals surface area contributed by atoms with E-state index in [0.717, 1.165) is 12.8 Å². The maximum atomic E-state index is 10.2. The van der Waals surface area contributed by atoms with Crippen LogP contribution in [0.1, 0.15) is 26.2 Å². The van der Waals surface area contributed by atoms with Gasteiger partial charge < -0.3 is 0 Å². The molecule has 0 amide bonds. The van der Waals surface area contributed by atoms with Crippen LogP contribution < -0.4 is 4.72 Å². The lowest BCUT2D eigenvalue weighted by Gasteiger charge is -2.06. The molecule has 2 N–H and O–H groups in total. The van der Waals surface area contributed by atoms with Gasteiger partial charge >= 0.3 is 10.3 Å². The van der Waals surface area contributed by atoms with E-state index in [1.54, 1.807) is 0 Å². The van der Waals surface area contributed by atoms with Gasteiger partial charge in [0.2, 0.25) is 0 Å². The van der Waals surface area contributed by atoms with Crippen molar-refractivity contribution in [2.75, 3.05) is 0 Å². The fourth-order valence-electron chi connectivity index (χ4n) is 0.604. The molecule has 0 aromatic carbocycles. The van der Waals surface area contributed by atoms with Gasteiger partial charge in [-0.05, 0) is 6.42 Å². The lowest BCUT2D eigenvalue weighted by molar-refractivity contribution is 0.461. The highest BCUT2D eigenvalue weighted by atomic mass is 35.5. The molecule has 0 saturated heterocycles. The lowest BCUT2D eigenvalue weighted by Crippen LogP contribution is -2.29. The average Bonchev–Trinajstić information content (AvgIpc) is 1.79. The molecule has 0 aliphatic heterocycles. The maximum absolute atomic E-state index is 10.2. The molecule has 0 heterocycles. The molecule has 0 rings (SSSR count). The summed E-state index contributed by atoms with van der Waals surface area (Å²) in [6.07, 6.45) is 2.30. The number of hydrogen-bond donors (Lipinski definition) is 2. The monoisotopic (exact) mass is 201 g/mol. The van der Waals surface area contributed by atoms with Gasteiger partial charge in [-0.2, -0.15) is 13.1 Å². The van der Waals surface area contributed by atoms with Crippen molar-refractivity contribution in [3.05, 3.63) is 0 Å². The molecule has 0 saturated carbocycles. The van der Waals surface area contributed by atoms with Gasteiger partial charge in [0.25, 0.3) is 0 Å². The van der Waals surface area contributed by atoms with Gasteiger partial charge in [0.15, 0.2) is 0 Å². The SMILES string of the molecule is CCCCC(Cl)NS(=O)(=O)O. The van der Waals surface area contributed by atoms with Crippen LogP contribution in [0.25, 0.3) is 0 Å². The zero-order valence-corrected chi connectivity index (χ0v) is 7.82. The molecule has 1 unspecified atom stereocenters. The van der Waals surface area contributed by atoms with E-state index in [1.807, 2.05) is 11.6 Å². The van der Waals surface area contributed by atoms with Gasteiger partial charge in [-0.15, -0.1) is 11.6 Å². The van der Waals surface area contributed by atoms with Crippen LogP contribution >= 0.6 is 11.6 Å². The highest BCUT2D eigenvalue weighted by Gasteiger charge is 2.10. The highest BCUT2D eigenvalue weighted by molar-refractivity contribution is 7.83. The quantitative estimate of drug-likeness (QED) is 0.398. The number of halogens is 1. The normalized spacial score (nSPS) is 14.8. The van der Waals surface area contributed by atoms with Gasteiger partial charge in [0.1, 0.15) is 0 Å². The van der Waals surface area contributed by atoms with E-state index in [2.05, 4.69) is 0 Å². The second kappa shape index (κ2) is 4.92. The molecular weight excluding hydrogens is 190 g/mol. The third kappa shape index (κ3) is 8.06. The van der Waals surface area contributed by atoms with Crippen molar-refractivity contribution in [1.82, 2.24) is 4.72 Å². The Hall–Kier alpha value is 0.160. The molecule has 11 heavy (non-hydrogen) atoms. The number of hydrogen-bond acceptors (Lipinski definition) is 2. The fraction of sp³-hybridized carbons (Fsp3) is 1.00. The van der Waals surface area contributed by atoms with Gasteiger partial charge in [-0.1, -0.05) is 19.8 Å². The van der Waals surface area contributed by atoms with Crippen LogP contribution in [0, 0.1) is 0 Å². The van der Waals surface area contributed by atoms with Crippen LogP contribution in [0.3, 0.4) is 0 Å². The standard InChI is InChI=1S/C5H12ClNO3S/c1-2-3-4-5(6)7-11(8,9)10/h5,7H,2-4H2,1H3,(H,8,9,10). The molecule has 0 aromatic heterocycles. The Morgan fingerprint density at radius 1 is 1.64 bits per heavy atom. The number of nitrogens with one attached hydrogen (secondary N) is 1. The molecule has 0 spiro atoms. The summed E-state index contributed by atoms with van der Waals surface area (Å²) >= 11 is 5.49. The van der Waals surface area contributed by atoms with Crippen molar-refractivity contribution in [1.29, 1.82) is 0 Å². The Kier molecular flexibility index (Phi) is 4.99. The summed E-state index contributed by atoms with van der Waals surface area (Å²) in [5.74, 6) is 0. The number of alkyl halides is 1. The minimum atomic E-state index is -4.14. The Bertz CT molecular complexity index is 192. The summed E-state index contributed by atoms with van der Waals surface area (Å²) < 4.78 is 30.4. The van der Waals surface area contributed by atoms with Gasteiger partial charge in [0, 0.05) is 0 Å². The molecule has 0 aliphatic rings. The topological polar surface area (TPSA) is 66.4 Å². The number of unbranched alkanes of at least 4 members (excludes halogenated alkanes) is 1. The summed E-state index contributed by atoms with van der Waals surface area (Å²) in [7, 11) is -4.14. The van der Waals surface area contributed by atoms with Gasteiger partial charge in [-0.3, -0.25) is 4.55 Å². The second-order valence-corrected chi connectivity index (χ2v) is 3.92. The minimum absolute atomic E-state index is 0.526. The van der Waals surface area contributed by atoms with Crippen molar-refractivity contribution in [2.45, 2.75) is 31.7 Å². The first kappa shape index (κ1) is 11.2. The first-order chi connectivity index (χ1) is 4.95. The zero-order chi connectivity index (χ0) is 8.91. The Morgan fingerprint density at radius 2 is 2.18 bits per heavy atom. The van der Waals surface area contributed by atoms with Crippen LogP contribution in [0.15, 0.2) is 0 Å². The molecule has 68 valence electrons. The van der Waals surface area contributed by atoms with Crippen LogP contribution in [0.2, 0.25) is 0 Å². The van der Waals surface area contributed by atoms with Crippen LogP contribution in [0.5, 0.6) is 0 Å². The predicted octanol–water partition coefficient (Wildman–Crippen LogP) is 1.13. The maximum Gasteiger partial charge on any atom is 0.334 e. The molecule has 0 bridgehead atoms. The Labute approximate surface area is 71.8 Å². The second-order valence-electron chi connectivity index (χ2n) is 2.20. The largest absolute Gasteiger partial charge is 0.334 e. The summed E-state index contributed by atoms with van der Waals surface area (Å²) in [5, 5.41) is 0. The van der Waals surface area contributed by atoms with E-state index >= 15 is 0 Å². The third-order valence-corrected chi connectivity index (χ3v) is 2.13. The number of rotatable bonds is 5. The Balaban J connectivity index is 3.61. The molecule has 6 heteroatoms. The highest BCUT2D eigenvalue weighted by Crippen LogP contribution is 2.04. The van der Waals surface area contributed by atoms with E-state index in [9.17, 15) is 8.42 Å². The molecule has 0 fully saturated rings. The third-order valence-electron chi connectivity index (χ3n) is 1.09. The summed E-state index contributed by atoms with van der Waals surface area (Å²) in [5.41, 5.74) is -0.704. The van der Waals surface area contributed by atoms with Crippen LogP contribution in [0.4, 0.5) is 0 Å². The van der Waals surface area contributed by atoms with Gasteiger partial charge in [-0.25, -0.2) is 0 Å². The molecular formula is C5H12ClNO3S. The molecule has 0 aromatic rings. The minimum Gasteiger partial charge on any atom is -0.273 e. The van der Waals surface area contributed by atoms with E-state index < -0.39 is 15.8 Å². The zero-order valence-electron chi connectivity index (χ0n) is 6.25. The first-order valence-corrected chi connectivity index (χ1v) is 5.22. The van der Waals surface area contributed by atoms with Crippen LogP contribution in [-0.2, 0) is 10.3 Å². The van der Waals surface area contributed by atoms with Gasteiger partial charge in [0.05, 0.1) is 5.50 Å². The molecule has 1 atom stereocenters. The molecule has 0 aliphatic carbocycles. The van der Waals surface area contributed by atoms with E-state index in [-0.39, 0.29) is 0 Å². The molecule has 0 radical (unpaired) electrons. The Morgan fingerprint density at radius 3 is 2.55 bits per heavy atom. The van der Waals surface area contributed by atoms with E-state index in [0.29, 0.717) is 6.42 Å².